The minimum Gasteiger partial charge on any atom is -0.480 e. The Labute approximate surface area is 187 Å². The van der Waals surface area contributed by atoms with Crippen LogP contribution in [0.15, 0.2) is 91.5 Å². The van der Waals surface area contributed by atoms with Gasteiger partial charge in [-0.15, -0.1) is 6.58 Å². The second kappa shape index (κ2) is 9.52. The van der Waals surface area contributed by atoms with Crippen LogP contribution >= 0.6 is 0 Å². The summed E-state index contributed by atoms with van der Waals surface area (Å²) < 4.78 is 5.70. The van der Waals surface area contributed by atoms with Crippen molar-refractivity contribution < 1.29 is 19.4 Å². The van der Waals surface area contributed by atoms with Crippen LogP contribution < -0.4 is 0 Å². The van der Waals surface area contributed by atoms with Gasteiger partial charge in [0.05, 0.1) is 0 Å². The van der Waals surface area contributed by atoms with E-state index in [1.54, 1.807) is 0 Å². The zero-order valence-corrected chi connectivity index (χ0v) is 17.7. The highest BCUT2D eigenvalue weighted by molar-refractivity contribution is 5.81. The van der Waals surface area contributed by atoms with Gasteiger partial charge in [-0.3, -0.25) is 4.90 Å². The minimum atomic E-state index is -1.08. The Balaban J connectivity index is 1.53. The Morgan fingerprint density at radius 2 is 1.50 bits per heavy atom. The summed E-state index contributed by atoms with van der Waals surface area (Å²) in [5.74, 6) is -1.17. The predicted molar refractivity (Wildman–Crippen MR) is 124 cm³/mol. The quantitative estimate of drug-likeness (QED) is 0.507. The van der Waals surface area contributed by atoms with Crippen LogP contribution in [0.3, 0.4) is 0 Å². The van der Waals surface area contributed by atoms with Crippen molar-refractivity contribution in [2.75, 3.05) is 13.2 Å². The Morgan fingerprint density at radius 1 is 0.938 bits per heavy atom. The maximum atomic E-state index is 13.0. The lowest BCUT2D eigenvalue weighted by Gasteiger charge is -2.28. The van der Waals surface area contributed by atoms with Gasteiger partial charge in [-0.05, 0) is 27.8 Å². The van der Waals surface area contributed by atoms with Crippen LogP contribution in [-0.4, -0.2) is 41.3 Å². The number of rotatable bonds is 8. The van der Waals surface area contributed by atoms with Crippen molar-refractivity contribution in [1.29, 1.82) is 0 Å². The summed E-state index contributed by atoms with van der Waals surface area (Å²) in [4.78, 5) is 26.3. The first-order chi connectivity index (χ1) is 15.6. The van der Waals surface area contributed by atoms with E-state index in [0.29, 0.717) is 0 Å². The number of aliphatic carboxylic acids is 1. The van der Waals surface area contributed by atoms with Gasteiger partial charge in [0.2, 0.25) is 0 Å². The number of carboxylic acid groups (broad SMARTS) is 1. The van der Waals surface area contributed by atoms with Crippen molar-refractivity contribution in [2.45, 2.75) is 18.4 Å². The Bertz CT molecular complexity index is 1080. The van der Waals surface area contributed by atoms with Crippen LogP contribution in [0.25, 0.3) is 11.1 Å². The first-order valence-corrected chi connectivity index (χ1v) is 10.6. The second-order valence-electron chi connectivity index (χ2n) is 7.79. The first-order valence-electron chi connectivity index (χ1n) is 10.6. The van der Waals surface area contributed by atoms with Gasteiger partial charge in [0, 0.05) is 18.9 Å². The van der Waals surface area contributed by atoms with Crippen LogP contribution in [0.2, 0.25) is 0 Å². The largest absolute Gasteiger partial charge is 0.480 e. The van der Waals surface area contributed by atoms with E-state index in [0.717, 1.165) is 27.8 Å². The summed E-state index contributed by atoms with van der Waals surface area (Å²) in [7, 11) is 0. The zero-order valence-electron chi connectivity index (χ0n) is 17.7. The van der Waals surface area contributed by atoms with Gasteiger partial charge in [0.1, 0.15) is 12.6 Å². The molecular formula is C27H25NO4. The summed E-state index contributed by atoms with van der Waals surface area (Å²) in [6, 6.07) is 24.4. The Kier molecular flexibility index (Phi) is 6.36. The topological polar surface area (TPSA) is 66.8 Å². The summed E-state index contributed by atoms with van der Waals surface area (Å²) in [6.45, 7) is 3.91. The predicted octanol–water partition coefficient (Wildman–Crippen LogP) is 5.12. The van der Waals surface area contributed by atoms with Gasteiger partial charge < -0.3 is 9.84 Å². The first kappa shape index (κ1) is 21.4. The molecule has 0 heterocycles. The molecule has 5 nitrogen and oxygen atoms in total. The molecule has 4 rings (SSSR count). The average molecular weight is 428 g/mol. The van der Waals surface area contributed by atoms with Gasteiger partial charge in [0.15, 0.2) is 0 Å². The van der Waals surface area contributed by atoms with E-state index in [4.69, 9.17) is 4.74 Å². The fraction of sp³-hybridized carbons (Fsp3) is 0.185. The maximum Gasteiger partial charge on any atom is 0.410 e. The van der Waals surface area contributed by atoms with Crippen molar-refractivity contribution in [1.82, 2.24) is 4.90 Å². The molecule has 5 heteroatoms. The number of hydrogen-bond donors (Lipinski definition) is 1. The molecule has 3 aromatic rings. The Hall–Kier alpha value is -3.86. The third-order valence-corrected chi connectivity index (χ3v) is 5.83. The standard InChI is InChI=1S/C27H25NO4/c1-2-16-28(25(26(29)30)17-19-10-4-3-5-11-19)27(31)32-18-24-22-14-8-6-12-20(22)21-13-7-9-15-23(21)24/h2-15,24-25H,1,16-18H2,(H,29,30). The lowest BCUT2D eigenvalue weighted by atomic mass is 9.98. The highest BCUT2D eigenvalue weighted by Gasteiger charge is 2.33. The summed E-state index contributed by atoms with van der Waals surface area (Å²) in [5.41, 5.74) is 5.33. The number of amides is 1. The molecular weight excluding hydrogens is 402 g/mol. The van der Waals surface area contributed by atoms with E-state index >= 15 is 0 Å². The van der Waals surface area contributed by atoms with E-state index in [9.17, 15) is 14.7 Å². The fourth-order valence-electron chi connectivity index (χ4n) is 4.31. The molecule has 1 atom stereocenters. The smallest absolute Gasteiger partial charge is 0.410 e. The van der Waals surface area contributed by atoms with Crippen LogP contribution in [0, 0.1) is 0 Å². The van der Waals surface area contributed by atoms with E-state index < -0.39 is 18.1 Å². The molecule has 0 saturated heterocycles. The lowest BCUT2D eigenvalue weighted by Crippen LogP contribution is -2.47. The van der Waals surface area contributed by atoms with Crippen LogP contribution in [0.1, 0.15) is 22.6 Å². The maximum absolute atomic E-state index is 13.0. The second-order valence-corrected chi connectivity index (χ2v) is 7.79. The van der Waals surface area contributed by atoms with Crippen molar-refractivity contribution in [3.05, 3.63) is 108 Å². The highest BCUT2D eigenvalue weighted by Crippen LogP contribution is 2.44. The number of benzene rings is 3. The van der Waals surface area contributed by atoms with Crippen molar-refractivity contribution in [3.8, 4) is 11.1 Å². The molecule has 0 saturated carbocycles. The third kappa shape index (κ3) is 4.28. The number of fused-ring (bicyclic) bond motifs is 3. The number of carbonyl (C=O) groups is 2. The SMILES string of the molecule is C=CCN(C(=O)OCC1c2ccccc2-c2ccccc21)C(Cc1ccccc1)C(=O)O. The van der Waals surface area contributed by atoms with Crippen molar-refractivity contribution in [3.63, 3.8) is 0 Å². The van der Waals surface area contributed by atoms with Gasteiger partial charge in [-0.2, -0.15) is 0 Å². The van der Waals surface area contributed by atoms with Crippen LogP contribution in [0.4, 0.5) is 4.79 Å². The van der Waals surface area contributed by atoms with Crippen LogP contribution in [0.5, 0.6) is 0 Å². The monoisotopic (exact) mass is 427 g/mol. The molecule has 0 aromatic heterocycles. The van der Waals surface area contributed by atoms with Crippen LogP contribution in [-0.2, 0) is 16.0 Å². The molecule has 1 aliphatic rings. The number of carboxylic acids is 1. The van der Waals surface area contributed by atoms with E-state index in [1.165, 1.54) is 11.0 Å². The van der Waals surface area contributed by atoms with Gasteiger partial charge in [0.25, 0.3) is 0 Å². The molecule has 32 heavy (non-hydrogen) atoms. The van der Waals surface area contributed by atoms with E-state index in [-0.39, 0.29) is 25.5 Å². The molecule has 1 amide bonds. The van der Waals surface area contributed by atoms with Crippen molar-refractivity contribution in [2.24, 2.45) is 0 Å². The molecule has 1 unspecified atom stereocenters. The van der Waals surface area contributed by atoms with E-state index in [1.807, 2.05) is 66.7 Å². The zero-order chi connectivity index (χ0) is 22.5. The summed E-state index contributed by atoms with van der Waals surface area (Å²) in [5, 5.41) is 9.84. The number of carbonyl (C=O) groups excluding carboxylic acids is 1. The molecule has 0 spiro atoms. The third-order valence-electron chi connectivity index (χ3n) is 5.83. The van der Waals surface area contributed by atoms with E-state index in [2.05, 4.69) is 18.7 Å². The number of hydrogen-bond acceptors (Lipinski definition) is 3. The molecule has 162 valence electrons. The lowest BCUT2D eigenvalue weighted by molar-refractivity contribution is -0.142. The average Bonchev–Trinajstić information content (AvgIpc) is 3.14. The summed E-state index contributed by atoms with van der Waals surface area (Å²) >= 11 is 0. The molecule has 0 fully saturated rings. The molecule has 0 radical (unpaired) electrons. The van der Waals surface area contributed by atoms with Gasteiger partial charge in [-0.1, -0.05) is 84.9 Å². The van der Waals surface area contributed by atoms with Gasteiger partial charge in [-0.25, -0.2) is 9.59 Å². The van der Waals surface area contributed by atoms with Crippen molar-refractivity contribution >= 4 is 12.1 Å². The molecule has 0 bridgehead atoms. The Morgan fingerprint density at radius 3 is 2.06 bits per heavy atom. The normalized spacial score (nSPS) is 13.0. The molecule has 3 aromatic carbocycles. The minimum absolute atomic E-state index is 0.0838. The molecule has 1 N–H and O–H groups in total. The molecule has 1 aliphatic carbocycles. The van der Waals surface area contributed by atoms with Gasteiger partial charge >= 0.3 is 12.1 Å². The number of ether oxygens (including phenoxy) is 1. The number of nitrogens with zero attached hydrogens (tertiary/aromatic N) is 1. The highest BCUT2D eigenvalue weighted by atomic mass is 16.6. The fourth-order valence-corrected chi connectivity index (χ4v) is 4.31. The molecule has 0 aliphatic heterocycles. The summed E-state index contributed by atoms with van der Waals surface area (Å²) in [6.07, 6.45) is 1.05.